The van der Waals surface area contributed by atoms with Crippen molar-refractivity contribution >= 4 is 5.97 Å². The van der Waals surface area contributed by atoms with Gasteiger partial charge in [-0.3, -0.25) is 0 Å². The van der Waals surface area contributed by atoms with E-state index >= 15 is 0 Å². The lowest BCUT2D eigenvalue weighted by atomic mass is 10.0. The molecule has 0 aromatic carbocycles. The normalized spacial score (nSPS) is 16.6. The summed E-state index contributed by atoms with van der Waals surface area (Å²) in [4.78, 5) is 12.0. The summed E-state index contributed by atoms with van der Waals surface area (Å²) < 4.78 is 18.2. The molecule has 2 heterocycles. The number of carbonyl (C=O) groups excluding carboxylic acids is 1. The van der Waals surface area contributed by atoms with Gasteiger partial charge in [0.2, 0.25) is 0 Å². The maximum absolute atomic E-state index is 12.0. The fourth-order valence-corrected chi connectivity index (χ4v) is 2.17. The largest absolute Gasteiger partial charge is 1.00 e. The molecule has 0 fully saturated rings. The maximum Gasteiger partial charge on any atom is 0.344 e. The molecule has 20 heavy (non-hydrogen) atoms. The summed E-state index contributed by atoms with van der Waals surface area (Å²) in [6.45, 7) is 6.38. The molecule has 0 radical (unpaired) electrons. The highest BCUT2D eigenvalue weighted by atomic mass is 127. The van der Waals surface area contributed by atoms with Gasteiger partial charge in [0.05, 0.1) is 20.3 Å². The molecule has 6 heteroatoms. The highest BCUT2D eigenvalue weighted by Gasteiger charge is 2.31. The third-order valence-electron chi connectivity index (χ3n) is 3.46. The standard InChI is InChI=1S/C14H20NO4.HI/c1-9-12(13(16)17-5)11-8-19-14(2,3)18-7-10(11)6-15(9)4;/h6H,7-8H2,1-5H3;1H/q+1;/p-1. The molecule has 0 aliphatic carbocycles. The minimum Gasteiger partial charge on any atom is -1.00 e. The van der Waals surface area contributed by atoms with Gasteiger partial charge in [0, 0.05) is 18.1 Å². The van der Waals surface area contributed by atoms with Crippen LogP contribution in [-0.2, 0) is 34.5 Å². The Balaban J connectivity index is 0.00000200. The Morgan fingerprint density at radius 1 is 1.35 bits per heavy atom. The molecule has 1 aliphatic heterocycles. The number of pyridine rings is 1. The molecular weight excluding hydrogens is 373 g/mol. The number of carbonyl (C=O) groups is 1. The Morgan fingerprint density at radius 2 is 1.95 bits per heavy atom. The molecule has 0 saturated carbocycles. The molecule has 1 aromatic rings. The lowest BCUT2D eigenvalue weighted by Crippen LogP contribution is -3.00. The Bertz CT molecular complexity index is 528. The van der Waals surface area contributed by atoms with Gasteiger partial charge in [0.25, 0.3) is 0 Å². The zero-order valence-electron chi connectivity index (χ0n) is 12.4. The van der Waals surface area contributed by atoms with Gasteiger partial charge in [0.15, 0.2) is 17.7 Å². The first kappa shape index (κ1) is 17.3. The van der Waals surface area contributed by atoms with E-state index in [1.54, 1.807) is 0 Å². The third kappa shape index (κ3) is 3.29. The fraction of sp³-hybridized carbons (Fsp3) is 0.571. The smallest absolute Gasteiger partial charge is 0.344 e. The molecule has 5 nitrogen and oxygen atoms in total. The first-order valence-corrected chi connectivity index (χ1v) is 6.23. The molecule has 0 amide bonds. The van der Waals surface area contributed by atoms with Gasteiger partial charge in [0.1, 0.15) is 12.6 Å². The van der Waals surface area contributed by atoms with Crippen molar-refractivity contribution in [3.8, 4) is 0 Å². The van der Waals surface area contributed by atoms with E-state index in [1.807, 2.05) is 38.6 Å². The molecule has 0 atom stereocenters. The van der Waals surface area contributed by atoms with Crippen molar-refractivity contribution in [2.75, 3.05) is 7.11 Å². The number of rotatable bonds is 1. The SMILES string of the molecule is COC(=O)c1c2c(c[n+](C)c1C)COC(C)(C)OC2.[I-]. The van der Waals surface area contributed by atoms with Crippen molar-refractivity contribution in [2.45, 2.75) is 39.8 Å². The summed E-state index contributed by atoms with van der Waals surface area (Å²) >= 11 is 0. The number of esters is 1. The van der Waals surface area contributed by atoms with Crippen LogP contribution in [0.15, 0.2) is 6.20 Å². The van der Waals surface area contributed by atoms with Gasteiger partial charge in [-0.1, -0.05) is 0 Å². The molecule has 0 spiro atoms. The average Bonchev–Trinajstić information content (AvgIpc) is 2.50. The monoisotopic (exact) mass is 393 g/mol. The van der Waals surface area contributed by atoms with Crippen molar-refractivity contribution in [2.24, 2.45) is 7.05 Å². The number of hydrogen-bond acceptors (Lipinski definition) is 4. The lowest BCUT2D eigenvalue weighted by Gasteiger charge is -2.22. The van der Waals surface area contributed by atoms with Crippen LogP contribution in [0.5, 0.6) is 0 Å². The summed E-state index contributed by atoms with van der Waals surface area (Å²) in [6.07, 6.45) is 1.97. The summed E-state index contributed by atoms with van der Waals surface area (Å²) in [5.74, 6) is -0.993. The van der Waals surface area contributed by atoms with Crippen LogP contribution in [0.1, 0.15) is 41.0 Å². The number of methoxy groups -OCH3 is 1. The van der Waals surface area contributed by atoms with E-state index in [0.29, 0.717) is 18.8 Å². The molecule has 0 unspecified atom stereocenters. The number of aryl methyl sites for hydroxylation is 1. The van der Waals surface area contributed by atoms with E-state index in [-0.39, 0.29) is 29.9 Å². The summed E-state index contributed by atoms with van der Waals surface area (Å²) in [6, 6.07) is 0. The van der Waals surface area contributed by atoms with Gasteiger partial charge < -0.3 is 38.2 Å². The average molecular weight is 393 g/mol. The van der Waals surface area contributed by atoms with E-state index in [9.17, 15) is 4.79 Å². The van der Waals surface area contributed by atoms with Crippen molar-refractivity contribution in [1.82, 2.24) is 0 Å². The number of ether oxygens (including phenoxy) is 3. The predicted molar refractivity (Wildman–Crippen MR) is 67.4 cm³/mol. The van der Waals surface area contributed by atoms with Crippen LogP contribution in [0, 0.1) is 6.92 Å². The summed E-state index contributed by atoms with van der Waals surface area (Å²) in [7, 11) is 3.29. The van der Waals surface area contributed by atoms with Gasteiger partial charge in [-0.15, -0.1) is 0 Å². The van der Waals surface area contributed by atoms with Crippen LogP contribution in [-0.4, -0.2) is 18.9 Å². The van der Waals surface area contributed by atoms with E-state index in [4.69, 9.17) is 14.2 Å². The van der Waals surface area contributed by atoms with Crippen molar-refractivity contribution < 1.29 is 47.5 Å². The number of nitrogens with zero attached hydrogens (tertiary/aromatic N) is 1. The zero-order chi connectivity index (χ0) is 14.2. The van der Waals surface area contributed by atoms with E-state index in [1.165, 1.54) is 7.11 Å². The first-order chi connectivity index (χ1) is 8.85. The minimum absolute atomic E-state index is 0. The molecule has 0 bridgehead atoms. The molecule has 1 aromatic heterocycles. The number of hydrogen-bond donors (Lipinski definition) is 0. The van der Waals surface area contributed by atoms with Gasteiger partial charge in [-0.2, -0.15) is 0 Å². The van der Waals surface area contributed by atoms with Crippen molar-refractivity contribution in [3.05, 3.63) is 28.6 Å². The number of halogens is 1. The van der Waals surface area contributed by atoms with Gasteiger partial charge >= 0.3 is 5.97 Å². The number of fused-ring (bicyclic) bond motifs is 1. The molecule has 2 rings (SSSR count). The van der Waals surface area contributed by atoms with Gasteiger partial charge in [-0.25, -0.2) is 9.36 Å². The minimum atomic E-state index is -0.654. The Hall–Kier alpha value is -0.730. The Labute approximate surface area is 136 Å². The van der Waals surface area contributed by atoms with Crippen LogP contribution in [0.25, 0.3) is 0 Å². The van der Waals surface area contributed by atoms with Crippen molar-refractivity contribution in [1.29, 1.82) is 0 Å². The Kier molecular flexibility index (Phi) is 5.51. The highest BCUT2D eigenvalue weighted by Crippen LogP contribution is 2.27. The quantitative estimate of drug-likeness (QED) is 0.328. The van der Waals surface area contributed by atoms with Crippen LogP contribution >= 0.6 is 0 Å². The highest BCUT2D eigenvalue weighted by molar-refractivity contribution is 5.92. The van der Waals surface area contributed by atoms with Crippen LogP contribution in [0.2, 0.25) is 0 Å². The second-order valence-electron chi connectivity index (χ2n) is 5.17. The van der Waals surface area contributed by atoms with Crippen LogP contribution in [0.3, 0.4) is 0 Å². The van der Waals surface area contributed by atoms with E-state index in [2.05, 4.69) is 0 Å². The topological polar surface area (TPSA) is 48.6 Å². The zero-order valence-corrected chi connectivity index (χ0v) is 14.6. The third-order valence-corrected chi connectivity index (χ3v) is 3.46. The molecule has 0 N–H and O–H groups in total. The molecule has 1 aliphatic rings. The fourth-order valence-electron chi connectivity index (χ4n) is 2.17. The van der Waals surface area contributed by atoms with E-state index < -0.39 is 5.79 Å². The summed E-state index contributed by atoms with van der Waals surface area (Å²) in [5.41, 5.74) is 3.24. The molecular formula is C14H20INO4. The second kappa shape index (κ2) is 6.36. The van der Waals surface area contributed by atoms with Crippen LogP contribution in [0.4, 0.5) is 0 Å². The predicted octanol–water partition coefficient (Wildman–Crippen LogP) is -1.61. The van der Waals surface area contributed by atoms with E-state index in [0.717, 1.165) is 16.8 Å². The molecule has 112 valence electrons. The number of aromatic nitrogens is 1. The van der Waals surface area contributed by atoms with Crippen LogP contribution < -0.4 is 28.5 Å². The van der Waals surface area contributed by atoms with Gasteiger partial charge in [-0.05, 0) is 13.8 Å². The Morgan fingerprint density at radius 3 is 2.55 bits per heavy atom. The van der Waals surface area contributed by atoms with Crippen molar-refractivity contribution in [3.63, 3.8) is 0 Å². The molecule has 0 saturated heterocycles. The lowest BCUT2D eigenvalue weighted by molar-refractivity contribution is -0.678. The second-order valence-corrected chi connectivity index (χ2v) is 5.17. The maximum atomic E-state index is 12.0. The summed E-state index contributed by atoms with van der Waals surface area (Å²) in [5, 5.41) is 0. The first-order valence-electron chi connectivity index (χ1n) is 6.23.